The second-order valence-corrected chi connectivity index (χ2v) is 3.35. The molecule has 0 unspecified atom stereocenters. The highest BCUT2D eigenvalue weighted by Crippen LogP contribution is 2.12. The molecule has 1 aromatic carbocycles. The van der Waals surface area contributed by atoms with Gasteiger partial charge >= 0.3 is 0 Å². The number of nitrogens with two attached hydrogens (primary N) is 1. The Labute approximate surface area is 109 Å². The van der Waals surface area contributed by atoms with E-state index in [0.29, 0.717) is 6.54 Å². The van der Waals surface area contributed by atoms with Gasteiger partial charge in [0, 0.05) is 7.97 Å². The van der Waals surface area contributed by atoms with Crippen molar-refractivity contribution in [3.63, 3.8) is 0 Å². The van der Waals surface area contributed by atoms with Crippen LogP contribution in [0.1, 0.15) is 47.2 Å². The fourth-order valence-electron chi connectivity index (χ4n) is 0.964. The summed E-state index contributed by atoms with van der Waals surface area (Å²) in [5, 5.41) is 0. The first-order chi connectivity index (χ1) is 8.15. The molecule has 0 saturated carbocycles. The number of hydrogen-bond acceptors (Lipinski definition) is 1. The summed E-state index contributed by atoms with van der Waals surface area (Å²) < 4.78 is 0. The molecule has 0 aliphatic heterocycles. The highest BCUT2D eigenvalue weighted by Gasteiger charge is 1.93. The third-order valence-corrected chi connectivity index (χ3v) is 1.99. The number of benzene rings is 1. The largest absolute Gasteiger partial charge is 0.326 e. The third kappa shape index (κ3) is 9.58. The summed E-state index contributed by atoms with van der Waals surface area (Å²) in [6.45, 7) is 14.5. The van der Waals surface area contributed by atoms with Crippen molar-refractivity contribution in [2.24, 2.45) is 5.73 Å². The van der Waals surface area contributed by atoms with Crippen LogP contribution in [0.2, 0.25) is 0 Å². The van der Waals surface area contributed by atoms with E-state index in [-0.39, 0.29) is 1.43 Å². The van der Waals surface area contributed by atoms with Crippen molar-refractivity contribution in [2.45, 2.75) is 41.2 Å². The summed E-state index contributed by atoms with van der Waals surface area (Å²) >= 11 is 0. The van der Waals surface area contributed by atoms with Crippen LogP contribution in [0, 0.1) is 0 Å². The number of hydrogen-bond donors (Lipinski definition) is 1. The molecule has 0 heterocycles. The lowest BCUT2D eigenvalue weighted by Gasteiger charge is -2.01. The van der Waals surface area contributed by atoms with Gasteiger partial charge in [0.1, 0.15) is 0 Å². The molecule has 98 valence electrons. The Morgan fingerprint density at radius 1 is 1.29 bits per heavy atom. The zero-order valence-electron chi connectivity index (χ0n) is 12.0. The molecular weight excluding hydrogens is 206 g/mol. The van der Waals surface area contributed by atoms with Gasteiger partial charge in [-0.2, -0.15) is 0 Å². The average molecular weight is 235 g/mol. The highest BCUT2D eigenvalue weighted by atomic mass is 14.5. The minimum Gasteiger partial charge on any atom is -0.326 e. The molecule has 0 spiro atoms. The lowest BCUT2D eigenvalue weighted by atomic mass is 10.1. The standard InChI is InChI=1S/C10H13N.C4H8.C2H6.H2/c1-8(2)10-5-3-4-9(6-10)7-11;1-3-4-2;1-2;/h3-6H,1,7,11H2,2H3;3-4H,1-2H3;1-2H3;1H/b;4-3-;;. The molecule has 0 radical (unpaired) electrons. The Kier molecular flexibility index (Phi) is 13.5. The minimum absolute atomic E-state index is 0. The topological polar surface area (TPSA) is 26.0 Å². The maximum Gasteiger partial charge on any atom is 0.0178 e. The quantitative estimate of drug-likeness (QED) is 0.715. The van der Waals surface area contributed by atoms with Gasteiger partial charge in [-0.3, -0.25) is 0 Å². The summed E-state index contributed by atoms with van der Waals surface area (Å²) in [7, 11) is 0. The molecule has 2 N–H and O–H groups in total. The van der Waals surface area contributed by atoms with Crippen LogP contribution in [0.5, 0.6) is 0 Å². The van der Waals surface area contributed by atoms with Crippen LogP contribution < -0.4 is 5.73 Å². The Morgan fingerprint density at radius 3 is 2.18 bits per heavy atom. The summed E-state index contributed by atoms with van der Waals surface area (Å²) in [4.78, 5) is 0. The monoisotopic (exact) mass is 235 g/mol. The van der Waals surface area contributed by atoms with Crippen molar-refractivity contribution >= 4 is 5.57 Å². The van der Waals surface area contributed by atoms with E-state index in [9.17, 15) is 0 Å². The highest BCUT2D eigenvalue weighted by molar-refractivity contribution is 5.61. The first-order valence-corrected chi connectivity index (χ1v) is 6.17. The minimum atomic E-state index is 0. The molecule has 0 bridgehead atoms. The second kappa shape index (κ2) is 12.7. The summed E-state index contributed by atoms with van der Waals surface area (Å²) in [6, 6.07) is 8.14. The Morgan fingerprint density at radius 2 is 1.82 bits per heavy atom. The summed E-state index contributed by atoms with van der Waals surface area (Å²) in [5.41, 5.74) is 8.90. The normalized spacial score (nSPS) is 8.82. The number of allylic oxidation sites excluding steroid dienone is 3. The zero-order valence-corrected chi connectivity index (χ0v) is 12.0. The Hall–Kier alpha value is -1.34. The van der Waals surface area contributed by atoms with Crippen LogP contribution in [-0.2, 0) is 6.54 Å². The van der Waals surface area contributed by atoms with Crippen molar-refractivity contribution in [1.82, 2.24) is 0 Å². The maximum absolute atomic E-state index is 5.49. The van der Waals surface area contributed by atoms with Crippen molar-refractivity contribution in [1.29, 1.82) is 0 Å². The fraction of sp³-hybridized carbons (Fsp3) is 0.375. The SMILES string of the molecule is C/C=C\C.C=C(C)c1cccc(CN)c1.CC.[HH]. The molecule has 0 saturated heterocycles. The average Bonchev–Trinajstić information content (AvgIpc) is 2.41. The molecule has 0 aliphatic carbocycles. The molecule has 1 aromatic rings. The maximum atomic E-state index is 5.49. The van der Waals surface area contributed by atoms with E-state index >= 15 is 0 Å². The van der Waals surface area contributed by atoms with Crippen molar-refractivity contribution in [2.75, 3.05) is 0 Å². The Bertz CT molecular complexity index is 326. The van der Waals surface area contributed by atoms with Gasteiger partial charge in [0.25, 0.3) is 0 Å². The predicted molar refractivity (Wildman–Crippen MR) is 83.0 cm³/mol. The van der Waals surface area contributed by atoms with E-state index in [2.05, 4.69) is 12.6 Å². The van der Waals surface area contributed by atoms with Gasteiger partial charge in [0.15, 0.2) is 0 Å². The van der Waals surface area contributed by atoms with Gasteiger partial charge in [-0.1, -0.05) is 62.4 Å². The van der Waals surface area contributed by atoms with Crippen molar-refractivity contribution in [3.05, 3.63) is 54.1 Å². The van der Waals surface area contributed by atoms with Gasteiger partial charge < -0.3 is 5.73 Å². The number of rotatable bonds is 2. The second-order valence-electron chi connectivity index (χ2n) is 3.35. The van der Waals surface area contributed by atoms with Gasteiger partial charge in [-0.05, 0) is 31.9 Å². The van der Waals surface area contributed by atoms with Crippen LogP contribution >= 0.6 is 0 Å². The van der Waals surface area contributed by atoms with Crippen molar-refractivity contribution in [3.8, 4) is 0 Å². The van der Waals surface area contributed by atoms with Crippen LogP contribution in [-0.4, -0.2) is 0 Å². The molecule has 0 amide bonds. The lowest BCUT2D eigenvalue weighted by molar-refractivity contribution is 1.07. The first kappa shape index (κ1) is 18.0. The van der Waals surface area contributed by atoms with Crippen LogP contribution in [0.4, 0.5) is 0 Å². The van der Waals surface area contributed by atoms with Crippen LogP contribution in [0.25, 0.3) is 5.57 Å². The van der Waals surface area contributed by atoms with Crippen molar-refractivity contribution < 1.29 is 1.43 Å². The van der Waals surface area contributed by atoms with Gasteiger partial charge in [-0.15, -0.1) is 0 Å². The van der Waals surface area contributed by atoms with Gasteiger partial charge in [0.2, 0.25) is 0 Å². The van der Waals surface area contributed by atoms with E-state index in [4.69, 9.17) is 5.73 Å². The third-order valence-electron chi connectivity index (χ3n) is 1.99. The van der Waals surface area contributed by atoms with Crippen LogP contribution in [0.15, 0.2) is 43.0 Å². The molecule has 0 aliphatic rings. The van der Waals surface area contributed by atoms with E-state index in [1.165, 1.54) is 5.56 Å². The summed E-state index contributed by atoms with van der Waals surface area (Å²) in [5.74, 6) is 0. The van der Waals surface area contributed by atoms with E-state index in [1.54, 1.807) is 0 Å². The smallest absolute Gasteiger partial charge is 0.0178 e. The molecule has 0 atom stereocenters. The molecule has 1 heteroatoms. The van der Waals surface area contributed by atoms with E-state index < -0.39 is 0 Å². The molecule has 17 heavy (non-hydrogen) atoms. The molecule has 0 aromatic heterocycles. The van der Waals surface area contributed by atoms with Crippen LogP contribution in [0.3, 0.4) is 0 Å². The lowest BCUT2D eigenvalue weighted by Crippen LogP contribution is -1.96. The van der Waals surface area contributed by atoms with E-state index in [0.717, 1.165) is 11.1 Å². The van der Waals surface area contributed by atoms with E-state index in [1.807, 2.05) is 65.0 Å². The molecule has 1 nitrogen and oxygen atoms in total. The van der Waals surface area contributed by atoms with Gasteiger partial charge in [0.05, 0.1) is 0 Å². The molecule has 1 rings (SSSR count). The molecular formula is C16H29N. The molecule has 0 fully saturated rings. The predicted octanol–water partition coefficient (Wildman–Crippen LogP) is 5.03. The fourth-order valence-corrected chi connectivity index (χ4v) is 0.964. The zero-order chi connectivity index (χ0) is 13.7. The summed E-state index contributed by atoms with van der Waals surface area (Å²) in [6.07, 6.45) is 4.00. The first-order valence-electron chi connectivity index (χ1n) is 6.17. The van der Waals surface area contributed by atoms with Gasteiger partial charge in [-0.25, -0.2) is 0 Å². The Balaban J connectivity index is -0.000000277.